The van der Waals surface area contributed by atoms with Crippen LogP contribution in [0.25, 0.3) is 0 Å². The Kier molecular flexibility index (Phi) is 2.91. The third-order valence-corrected chi connectivity index (χ3v) is 3.53. The van der Waals surface area contributed by atoms with Gasteiger partial charge in [0, 0.05) is 12.0 Å². The molecule has 0 aromatic carbocycles. The summed E-state index contributed by atoms with van der Waals surface area (Å²) in [5.41, 5.74) is 4.13. The van der Waals surface area contributed by atoms with Crippen LogP contribution in [0.3, 0.4) is 0 Å². The van der Waals surface area contributed by atoms with Crippen molar-refractivity contribution < 1.29 is 4.79 Å². The number of carbonyl (C=O) groups excluding carboxylic acids is 1. The van der Waals surface area contributed by atoms with Crippen LogP contribution in [0.4, 0.5) is 0 Å². The third kappa shape index (κ3) is 2.18. The van der Waals surface area contributed by atoms with E-state index in [9.17, 15) is 4.79 Å². The van der Waals surface area contributed by atoms with Gasteiger partial charge in [0.15, 0.2) is 5.78 Å². The number of thiazole rings is 1. The first-order chi connectivity index (χ1) is 8.83. The van der Waals surface area contributed by atoms with Crippen LogP contribution in [0.5, 0.6) is 0 Å². The molecule has 88 valence electrons. The topological polar surface area (TPSA) is 42.9 Å². The van der Waals surface area contributed by atoms with E-state index in [0.717, 1.165) is 34.7 Å². The molecular formula is C14H10N2OS. The number of hydrogen-bond donors (Lipinski definition) is 0. The first-order valence-corrected chi connectivity index (χ1v) is 6.64. The van der Waals surface area contributed by atoms with Crippen molar-refractivity contribution in [1.82, 2.24) is 9.97 Å². The molecule has 2 aromatic rings. The fourth-order valence-electron chi connectivity index (χ4n) is 1.97. The van der Waals surface area contributed by atoms with Gasteiger partial charge in [0.05, 0.1) is 22.3 Å². The van der Waals surface area contributed by atoms with E-state index in [0.29, 0.717) is 6.42 Å². The number of hydrogen-bond acceptors (Lipinski definition) is 4. The SMILES string of the molecule is O=C1CCCc2nc(C#Cc3cncs3)ccc21. The molecule has 2 aromatic heterocycles. The van der Waals surface area contributed by atoms with Gasteiger partial charge in [-0.3, -0.25) is 9.78 Å². The Morgan fingerprint density at radius 3 is 3.00 bits per heavy atom. The standard InChI is InChI=1S/C14H10N2OS/c17-14-3-1-2-13-12(14)7-5-10(16-13)4-6-11-8-15-9-18-11/h5,7-9H,1-3H2. The van der Waals surface area contributed by atoms with Gasteiger partial charge in [-0.05, 0) is 36.8 Å². The predicted octanol–water partition coefficient (Wildman–Crippen LogP) is 2.46. The van der Waals surface area contributed by atoms with Crippen LogP contribution in [-0.4, -0.2) is 15.8 Å². The van der Waals surface area contributed by atoms with Crippen molar-refractivity contribution in [2.75, 3.05) is 0 Å². The summed E-state index contributed by atoms with van der Waals surface area (Å²) in [7, 11) is 0. The summed E-state index contributed by atoms with van der Waals surface area (Å²) in [6, 6.07) is 3.66. The van der Waals surface area contributed by atoms with Crippen molar-refractivity contribution in [3.8, 4) is 11.8 Å². The maximum absolute atomic E-state index is 11.7. The Balaban J connectivity index is 1.93. The second kappa shape index (κ2) is 4.71. The minimum Gasteiger partial charge on any atom is -0.294 e. The number of ketones is 1. The Hall–Kier alpha value is -1.99. The highest BCUT2D eigenvalue weighted by atomic mass is 32.1. The van der Waals surface area contributed by atoms with Gasteiger partial charge < -0.3 is 0 Å². The van der Waals surface area contributed by atoms with Crippen molar-refractivity contribution in [2.24, 2.45) is 0 Å². The molecule has 3 nitrogen and oxygen atoms in total. The number of pyridine rings is 1. The molecule has 2 heterocycles. The summed E-state index contributed by atoms with van der Waals surface area (Å²) < 4.78 is 0. The number of carbonyl (C=O) groups is 1. The number of rotatable bonds is 0. The van der Waals surface area contributed by atoms with E-state index < -0.39 is 0 Å². The van der Waals surface area contributed by atoms with Gasteiger partial charge in [-0.15, -0.1) is 11.3 Å². The lowest BCUT2D eigenvalue weighted by Crippen LogP contribution is -2.12. The van der Waals surface area contributed by atoms with Crippen LogP contribution in [0.1, 0.15) is 39.5 Å². The minimum atomic E-state index is 0.200. The van der Waals surface area contributed by atoms with Gasteiger partial charge in [-0.25, -0.2) is 4.98 Å². The Morgan fingerprint density at radius 2 is 2.17 bits per heavy atom. The summed E-state index contributed by atoms with van der Waals surface area (Å²) in [4.78, 5) is 21.0. The second-order valence-corrected chi connectivity index (χ2v) is 4.97. The van der Waals surface area contributed by atoms with Gasteiger partial charge in [-0.1, -0.05) is 0 Å². The fraction of sp³-hybridized carbons (Fsp3) is 0.214. The third-order valence-electron chi connectivity index (χ3n) is 2.84. The number of aromatic nitrogens is 2. The zero-order valence-corrected chi connectivity index (χ0v) is 10.5. The lowest BCUT2D eigenvalue weighted by Gasteiger charge is -2.12. The molecule has 0 unspecified atom stereocenters. The first kappa shape index (κ1) is 11.1. The van der Waals surface area contributed by atoms with E-state index >= 15 is 0 Å². The van der Waals surface area contributed by atoms with E-state index in [2.05, 4.69) is 21.8 Å². The van der Waals surface area contributed by atoms with Crippen molar-refractivity contribution in [3.05, 3.63) is 45.7 Å². The van der Waals surface area contributed by atoms with Gasteiger partial charge in [0.1, 0.15) is 5.69 Å². The lowest BCUT2D eigenvalue weighted by molar-refractivity contribution is 0.0971. The highest BCUT2D eigenvalue weighted by Crippen LogP contribution is 2.19. The molecule has 0 atom stereocenters. The quantitative estimate of drug-likeness (QED) is 0.678. The summed E-state index contributed by atoms with van der Waals surface area (Å²) in [5.74, 6) is 6.23. The molecule has 18 heavy (non-hydrogen) atoms. The molecule has 0 saturated heterocycles. The van der Waals surface area contributed by atoms with E-state index in [1.165, 1.54) is 11.3 Å². The highest BCUT2D eigenvalue weighted by Gasteiger charge is 2.17. The molecule has 0 amide bonds. The highest BCUT2D eigenvalue weighted by molar-refractivity contribution is 7.10. The molecule has 1 aliphatic carbocycles. The molecule has 0 fully saturated rings. The summed E-state index contributed by atoms with van der Waals surface area (Å²) in [6.45, 7) is 0. The number of aryl methyl sites for hydroxylation is 1. The minimum absolute atomic E-state index is 0.200. The number of Topliss-reactive ketones (excluding diaryl/α,β-unsaturated/α-hetero) is 1. The Morgan fingerprint density at radius 1 is 1.22 bits per heavy atom. The van der Waals surface area contributed by atoms with E-state index in [1.54, 1.807) is 11.7 Å². The van der Waals surface area contributed by atoms with Crippen LogP contribution >= 0.6 is 11.3 Å². The van der Waals surface area contributed by atoms with Crippen LogP contribution < -0.4 is 0 Å². The lowest BCUT2D eigenvalue weighted by atomic mass is 9.94. The molecule has 0 aliphatic heterocycles. The molecule has 0 saturated carbocycles. The van der Waals surface area contributed by atoms with Gasteiger partial charge >= 0.3 is 0 Å². The molecule has 4 heteroatoms. The second-order valence-electron chi connectivity index (χ2n) is 4.08. The molecule has 1 aliphatic rings. The molecule has 3 rings (SSSR count). The van der Waals surface area contributed by atoms with E-state index in [1.807, 2.05) is 12.1 Å². The average molecular weight is 254 g/mol. The Labute approximate surface area is 109 Å². The maximum Gasteiger partial charge on any atom is 0.164 e. The van der Waals surface area contributed by atoms with Gasteiger partial charge in [0.25, 0.3) is 0 Å². The van der Waals surface area contributed by atoms with Crippen molar-refractivity contribution in [3.63, 3.8) is 0 Å². The van der Waals surface area contributed by atoms with Crippen LogP contribution in [0, 0.1) is 11.8 Å². The average Bonchev–Trinajstić information content (AvgIpc) is 2.90. The number of fused-ring (bicyclic) bond motifs is 1. The van der Waals surface area contributed by atoms with Crippen LogP contribution in [0.15, 0.2) is 23.8 Å². The van der Waals surface area contributed by atoms with Crippen LogP contribution in [-0.2, 0) is 6.42 Å². The largest absolute Gasteiger partial charge is 0.294 e. The zero-order valence-electron chi connectivity index (χ0n) is 9.64. The molecule has 0 N–H and O–H groups in total. The smallest absolute Gasteiger partial charge is 0.164 e. The molecular weight excluding hydrogens is 244 g/mol. The maximum atomic E-state index is 11.7. The fourth-order valence-corrected chi connectivity index (χ4v) is 2.44. The summed E-state index contributed by atoms with van der Waals surface area (Å²) in [5, 5.41) is 0. The van der Waals surface area contributed by atoms with Crippen molar-refractivity contribution >= 4 is 17.1 Å². The molecule has 0 spiro atoms. The monoisotopic (exact) mass is 254 g/mol. The van der Waals surface area contributed by atoms with E-state index in [4.69, 9.17) is 0 Å². The Bertz CT molecular complexity index is 650. The normalized spacial score (nSPS) is 13.7. The zero-order chi connectivity index (χ0) is 12.4. The van der Waals surface area contributed by atoms with Crippen molar-refractivity contribution in [1.29, 1.82) is 0 Å². The van der Waals surface area contributed by atoms with Gasteiger partial charge in [-0.2, -0.15) is 0 Å². The van der Waals surface area contributed by atoms with E-state index in [-0.39, 0.29) is 5.78 Å². The molecule has 0 bridgehead atoms. The summed E-state index contributed by atoms with van der Waals surface area (Å²) >= 11 is 1.50. The first-order valence-electron chi connectivity index (χ1n) is 5.76. The predicted molar refractivity (Wildman–Crippen MR) is 69.6 cm³/mol. The molecule has 0 radical (unpaired) electrons. The van der Waals surface area contributed by atoms with Gasteiger partial charge in [0.2, 0.25) is 0 Å². The van der Waals surface area contributed by atoms with Crippen LogP contribution in [0.2, 0.25) is 0 Å². The van der Waals surface area contributed by atoms with Crippen molar-refractivity contribution in [2.45, 2.75) is 19.3 Å². The summed E-state index contributed by atoms with van der Waals surface area (Å²) in [6.07, 6.45) is 4.14. The number of nitrogens with zero attached hydrogens (tertiary/aromatic N) is 2.